The molecule has 0 unspecified atom stereocenters. The van der Waals surface area contributed by atoms with Crippen molar-refractivity contribution in [1.29, 1.82) is 0 Å². The number of nitrogens with zero attached hydrogens (tertiary/aromatic N) is 1. The van der Waals surface area contributed by atoms with Crippen molar-refractivity contribution in [2.24, 2.45) is 0 Å². The lowest BCUT2D eigenvalue weighted by Crippen LogP contribution is -2.12. The van der Waals surface area contributed by atoms with Gasteiger partial charge in [0.15, 0.2) is 0 Å². The summed E-state index contributed by atoms with van der Waals surface area (Å²) in [4.78, 5) is 5.49. The molecule has 100 valence electrons. The molecular weight excluding hydrogens is 344 g/mol. The van der Waals surface area contributed by atoms with Crippen LogP contribution in [0.2, 0.25) is 5.02 Å². The second-order valence-electron chi connectivity index (χ2n) is 3.92. The van der Waals surface area contributed by atoms with Gasteiger partial charge in [-0.1, -0.05) is 46.2 Å². The minimum atomic E-state index is 0.685. The molecule has 2 rings (SSSR count). The van der Waals surface area contributed by atoms with Gasteiger partial charge in [-0.2, -0.15) is 0 Å². The van der Waals surface area contributed by atoms with E-state index in [2.05, 4.69) is 45.3 Å². The van der Waals surface area contributed by atoms with E-state index in [1.54, 1.807) is 18.0 Å². The lowest BCUT2D eigenvalue weighted by Gasteiger charge is -2.10. The van der Waals surface area contributed by atoms with Crippen molar-refractivity contribution in [2.45, 2.75) is 23.4 Å². The molecule has 0 saturated carbocycles. The average Bonchev–Trinajstić information content (AvgIpc) is 2.41. The molecule has 5 heteroatoms. The van der Waals surface area contributed by atoms with Crippen molar-refractivity contribution in [2.75, 3.05) is 6.54 Å². The number of pyridine rings is 1. The van der Waals surface area contributed by atoms with Crippen LogP contribution in [0.25, 0.3) is 0 Å². The SMILES string of the molecule is CCNCc1cc(Br)ccc1Sc1ncccc1Cl. The van der Waals surface area contributed by atoms with E-state index in [1.165, 1.54) is 10.5 Å². The van der Waals surface area contributed by atoms with Crippen LogP contribution in [0.4, 0.5) is 0 Å². The van der Waals surface area contributed by atoms with Gasteiger partial charge in [-0.05, 0) is 42.4 Å². The van der Waals surface area contributed by atoms with Gasteiger partial charge >= 0.3 is 0 Å². The van der Waals surface area contributed by atoms with Crippen LogP contribution in [0.1, 0.15) is 12.5 Å². The third-order valence-corrected chi connectivity index (χ3v) is 4.57. The van der Waals surface area contributed by atoms with Crippen molar-refractivity contribution in [3.63, 3.8) is 0 Å². The smallest absolute Gasteiger partial charge is 0.119 e. The van der Waals surface area contributed by atoms with Gasteiger partial charge in [0.2, 0.25) is 0 Å². The molecule has 0 aliphatic carbocycles. The minimum absolute atomic E-state index is 0.685. The van der Waals surface area contributed by atoms with Crippen molar-refractivity contribution in [3.8, 4) is 0 Å². The van der Waals surface area contributed by atoms with Crippen molar-refractivity contribution in [3.05, 3.63) is 51.6 Å². The molecule has 0 fully saturated rings. The fourth-order valence-electron chi connectivity index (χ4n) is 1.60. The Balaban J connectivity index is 2.26. The number of hydrogen-bond donors (Lipinski definition) is 1. The first-order valence-electron chi connectivity index (χ1n) is 5.98. The molecule has 1 heterocycles. The minimum Gasteiger partial charge on any atom is -0.313 e. The third-order valence-electron chi connectivity index (χ3n) is 2.52. The molecule has 0 saturated heterocycles. The van der Waals surface area contributed by atoms with Gasteiger partial charge < -0.3 is 5.32 Å². The van der Waals surface area contributed by atoms with E-state index in [1.807, 2.05) is 18.2 Å². The van der Waals surface area contributed by atoms with Crippen molar-refractivity contribution >= 4 is 39.3 Å². The predicted molar refractivity (Wildman–Crippen MR) is 84.9 cm³/mol. The molecule has 19 heavy (non-hydrogen) atoms. The fourth-order valence-corrected chi connectivity index (χ4v) is 3.13. The highest BCUT2D eigenvalue weighted by atomic mass is 79.9. The third kappa shape index (κ3) is 4.21. The summed E-state index contributed by atoms with van der Waals surface area (Å²) in [7, 11) is 0. The summed E-state index contributed by atoms with van der Waals surface area (Å²) in [5, 5.41) is 4.87. The predicted octanol–water partition coefficient (Wildman–Crippen LogP) is 4.76. The Kier molecular flexibility index (Phi) is 5.70. The molecular formula is C14H14BrClN2S. The number of halogens is 2. The maximum atomic E-state index is 6.15. The Morgan fingerprint density at radius 2 is 2.21 bits per heavy atom. The van der Waals surface area contributed by atoms with E-state index in [9.17, 15) is 0 Å². The summed E-state index contributed by atoms with van der Waals surface area (Å²) >= 11 is 11.3. The Morgan fingerprint density at radius 3 is 2.95 bits per heavy atom. The lowest BCUT2D eigenvalue weighted by molar-refractivity contribution is 0.717. The van der Waals surface area contributed by atoms with Gasteiger partial charge in [-0.15, -0.1) is 0 Å². The standard InChI is InChI=1S/C14H14BrClN2S/c1-2-17-9-10-8-11(15)5-6-13(10)19-14-12(16)4-3-7-18-14/h3-8,17H,2,9H2,1H3. The van der Waals surface area contributed by atoms with E-state index in [0.29, 0.717) is 5.02 Å². The average molecular weight is 358 g/mol. The van der Waals surface area contributed by atoms with Crippen LogP contribution < -0.4 is 5.32 Å². The van der Waals surface area contributed by atoms with Crippen LogP contribution in [-0.4, -0.2) is 11.5 Å². The Bertz CT molecular complexity index is 563. The number of hydrogen-bond acceptors (Lipinski definition) is 3. The quantitative estimate of drug-likeness (QED) is 0.835. The lowest BCUT2D eigenvalue weighted by atomic mass is 10.2. The highest BCUT2D eigenvalue weighted by Gasteiger charge is 2.08. The molecule has 0 aliphatic rings. The zero-order valence-corrected chi connectivity index (χ0v) is 13.6. The van der Waals surface area contributed by atoms with Gasteiger partial charge in [-0.25, -0.2) is 4.98 Å². The fraction of sp³-hybridized carbons (Fsp3) is 0.214. The summed E-state index contributed by atoms with van der Waals surface area (Å²) < 4.78 is 1.08. The molecule has 0 aliphatic heterocycles. The van der Waals surface area contributed by atoms with Crippen molar-refractivity contribution in [1.82, 2.24) is 10.3 Å². The van der Waals surface area contributed by atoms with E-state index in [4.69, 9.17) is 11.6 Å². The van der Waals surface area contributed by atoms with Crippen LogP contribution in [0.3, 0.4) is 0 Å². The number of rotatable bonds is 5. The van der Waals surface area contributed by atoms with Gasteiger partial charge in [0.1, 0.15) is 5.03 Å². The number of aromatic nitrogens is 1. The summed E-state index contributed by atoms with van der Waals surface area (Å²) in [5.41, 5.74) is 1.24. The molecule has 1 aromatic heterocycles. The van der Waals surface area contributed by atoms with Gasteiger partial charge in [-0.3, -0.25) is 0 Å². The molecule has 0 spiro atoms. The summed E-state index contributed by atoms with van der Waals surface area (Å²) in [6.45, 7) is 3.88. The maximum Gasteiger partial charge on any atom is 0.119 e. The Labute approximate surface area is 131 Å². The van der Waals surface area contributed by atoms with Crippen LogP contribution in [0.15, 0.2) is 50.9 Å². The van der Waals surface area contributed by atoms with E-state index >= 15 is 0 Å². The summed E-state index contributed by atoms with van der Waals surface area (Å²) in [6.07, 6.45) is 1.76. The van der Waals surface area contributed by atoms with Gasteiger partial charge in [0.25, 0.3) is 0 Å². The highest BCUT2D eigenvalue weighted by Crippen LogP contribution is 2.34. The molecule has 0 bridgehead atoms. The molecule has 1 aromatic carbocycles. The first kappa shape index (κ1) is 14.9. The van der Waals surface area contributed by atoms with E-state index in [-0.39, 0.29) is 0 Å². The second-order valence-corrected chi connectivity index (χ2v) is 6.28. The van der Waals surface area contributed by atoms with E-state index < -0.39 is 0 Å². The first-order valence-corrected chi connectivity index (χ1v) is 7.97. The number of nitrogens with one attached hydrogen (secondary N) is 1. The van der Waals surface area contributed by atoms with Crippen LogP contribution >= 0.6 is 39.3 Å². The topological polar surface area (TPSA) is 24.9 Å². The zero-order chi connectivity index (χ0) is 13.7. The second kappa shape index (κ2) is 7.29. The molecule has 2 nitrogen and oxygen atoms in total. The van der Waals surface area contributed by atoms with Crippen molar-refractivity contribution < 1.29 is 0 Å². The number of benzene rings is 1. The Morgan fingerprint density at radius 1 is 1.37 bits per heavy atom. The zero-order valence-electron chi connectivity index (χ0n) is 10.5. The first-order chi connectivity index (χ1) is 9.20. The normalized spacial score (nSPS) is 10.7. The van der Waals surface area contributed by atoms with Gasteiger partial charge in [0.05, 0.1) is 5.02 Å². The van der Waals surface area contributed by atoms with Gasteiger partial charge in [0, 0.05) is 22.1 Å². The molecule has 1 N–H and O–H groups in total. The van der Waals surface area contributed by atoms with E-state index in [0.717, 1.165) is 22.6 Å². The summed E-state index contributed by atoms with van der Waals surface area (Å²) in [5.74, 6) is 0. The van der Waals surface area contributed by atoms with Crippen LogP contribution in [0, 0.1) is 0 Å². The van der Waals surface area contributed by atoms with Crippen LogP contribution in [-0.2, 0) is 6.54 Å². The molecule has 0 atom stereocenters. The monoisotopic (exact) mass is 356 g/mol. The Hall–Kier alpha value is -0.550. The highest BCUT2D eigenvalue weighted by molar-refractivity contribution is 9.10. The van der Waals surface area contributed by atoms with Crippen LogP contribution in [0.5, 0.6) is 0 Å². The molecule has 0 amide bonds. The molecule has 2 aromatic rings. The maximum absolute atomic E-state index is 6.15. The summed E-state index contributed by atoms with van der Waals surface area (Å²) in [6, 6.07) is 9.95. The largest absolute Gasteiger partial charge is 0.313 e. The molecule has 0 radical (unpaired) electrons.